The predicted molar refractivity (Wildman–Crippen MR) is 48.4 cm³/mol. The van der Waals surface area contributed by atoms with Gasteiger partial charge in [0.15, 0.2) is 6.10 Å². The normalized spacial score (nSPS) is 13.6. The number of H-pyrrole nitrogens is 1. The fourth-order valence-corrected chi connectivity index (χ4v) is 1.01. The van der Waals surface area contributed by atoms with Crippen molar-refractivity contribution in [3.05, 3.63) is 33.7 Å². The molecule has 0 aliphatic carbocycles. The summed E-state index contributed by atoms with van der Waals surface area (Å²) in [5.41, 5.74) is -0.656. The summed E-state index contributed by atoms with van der Waals surface area (Å²) >= 11 is 0. The summed E-state index contributed by atoms with van der Waals surface area (Å²) in [5.74, 6) is 0. The highest BCUT2D eigenvalue weighted by Crippen LogP contribution is 2.14. The van der Waals surface area contributed by atoms with Crippen LogP contribution in [0.25, 0.3) is 0 Å². The van der Waals surface area contributed by atoms with Gasteiger partial charge in [0.25, 0.3) is 5.56 Å². The van der Waals surface area contributed by atoms with E-state index in [-0.39, 0.29) is 11.1 Å². The molecule has 3 N–H and O–H groups in total. The van der Waals surface area contributed by atoms with Gasteiger partial charge in [0.05, 0.1) is 6.07 Å². The zero-order valence-electron chi connectivity index (χ0n) is 7.51. The maximum absolute atomic E-state index is 11.0. The van der Waals surface area contributed by atoms with E-state index in [0.29, 0.717) is 0 Å². The molecule has 0 aliphatic heterocycles. The largest absolute Gasteiger partial charge is 0.384 e. The number of nitriles is 2. The first-order valence-electron chi connectivity index (χ1n) is 3.98. The van der Waals surface area contributed by atoms with Crippen molar-refractivity contribution >= 4 is 0 Å². The van der Waals surface area contributed by atoms with Gasteiger partial charge in [0, 0.05) is 11.8 Å². The Balaban J connectivity index is 3.14. The van der Waals surface area contributed by atoms with Crippen LogP contribution in [0.1, 0.15) is 17.2 Å². The molecule has 0 spiro atoms. The fourth-order valence-electron chi connectivity index (χ4n) is 1.01. The first-order chi connectivity index (χ1) is 7.10. The van der Waals surface area contributed by atoms with E-state index in [1.165, 1.54) is 6.07 Å². The van der Waals surface area contributed by atoms with Crippen LogP contribution >= 0.6 is 0 Å². The minimum absolute atomic E-state index is 0.111. The van der Waals surface area contributed by atoms with E-state index < -0.39 is 17.8 Å². The lowest BCUT2D eigenvalue weighted by Gasteiger charge is -2.11. The molecule has 0 radical (unpaired) electrons. The summed E-state index contributed by atoms with van der Waals surface area (Å²) in [4.78, 5) is 13.2. The lowest BCUT2D eigenvalue weighted by molar-refractivity contribution is 0.0525. The van der Waals surface area contributed by atoms with Crippen LogP contribution in [0.5, 0.6) is 0 Å². The first kappa shape index (κ1) is 10.9. The quantitative estimate of drug-likeness (QED) is 0.544. The Morgan fingerprint density at radius 1 is 1.40 bits per heavy atom. The molecule has 0 saturated carbocycles. The van der Waals surface area contributed by atoms with Gasteiger partial charge in [-0.15, -0.1) is 0 Å². The molecule has 76 valence electrons. The Kier molecular flexibility index (Phi) is 3.19. The summed E-state index contributed by atoms with van der Waals surface area (Å²) in [7, 11) is 0. The van der Waals surface area contributed by atoms with Gasteiger partial charge in [0.1, 0.15) is 17.7 Å². The molecule has 0 saturated heterocycles. The monoisotopic (exact) mass is 205 g/mol. The standard InChI is InChI=1S/C9H7N3O3/c10-2-5-1-6(4-12-9(5)15)8(14)7(13)3-11/h1,4,7-8,13-14H,(H,12,15). The summed E-state index contributed by atoms with van der Waals surface area (Å²) in [6, 6.07) is 4.20. The number of nitrogens with one attached hydrogen (secondary N) is 1. The van der Waals surface area contributed by atoms with Gasteiger partial charge in [-0.25, -0.2) is 0 Å². The molecule has 0 bridgehead atoms. The number of pyridine rings is 1. The average molecular weight is 205 g/mol. The molecule has 6 nitrogen and oxygen atoms in total. The first-order valence-corrected chi connectivity index (χ1v) is 3.98. The van der Waals surface area contributed by atoms with Gasteiger partial charge in [-0.3, -0.25) is 4.79 Å². The second-order valence-electron chi connectivity index (χ2n) is 2.81. The zero-order chi connectivity index (χ0) is 11.4. The van der Waals surface area contributed by atoms with Gasteiger partial charge in [-0.05, 0) is 6.07 Å². The Labute approximate surface area is 84.6 Å². The topological polar surface area (TPSA) is 121 Å². The Hall–Kier alpha value is -2.15. The molecule has 1 rings (SSSR count). The molecule has 2 atom stereocenters. The van der Waals surface area contributed by atoms with Crippen LogP contribution in [0.4, 0.5) is 0 Å². The van der Waals surface area contributed by atoms with E-state index in [0.717, 1.165) is 12.3 Å². The van der Waals surface area contributed by atoms with E-state index >= 15 is 0 Å². The summed E-state index contributed by atoms with van der Waals surface area (Å²) in [6.45, 7) is 0. The van der Waals surface area contributed by atoms with Crippen LogP contribution in [-0.4, -0.2) is 21.3 Å². The van der Waals surface area contributed by atoms with E-state index in [9.17, 15) is 9.90 Å². The summed E-state index contributed by atoms with van der Waals surface area (Å²) < 4.78 is 0. The van der Waals surface area contributed by atoms with Crippen LogP contribution in [0.2, 0.25) is 0 Å². The Bertz CT molecular complexity index is 495. The smallest absolute Gasteiger partial charge is 0.265 e. The van der Waals surface area contributed by atoms with Crippen LogP contribution in [0.15, 0.2) is 17.1 Å². The molecule has 1 heterocycles. The third-order valence-electron chi connectivity index (χ3n) is 1.82. The van der Waals surface area contributed by atoms with Crippen molar-refractivity contribution < 1.29 is 10.2 Å². The molecule has 2 unspecified atom stereocenters. The third kappa shape index (κ3) is 2.20. The number of rotatable bonds is 2. The van der Waals surface area contributed by atoms with E-state index in [4.69, 9.17) is 15.6 Å². The number of hydrogen-bond acceptors (Lipinski definition) is 5. The minimum Gasteiger partial charge on any atom is -0.384 e. The average Bonchev–Trinajstić information content (AvgIpc) is 2.27. The highest BCUT2D eigenvalue weighted by Gasteiger charge is 2.18. The highest BCUT2D eigenvalue weighted by atomic mass is 16.3. The number of aromatic nitrogens is 1. The fraction of sp³-hybridized carbons (Fsp3) is 0.222. The predicted octanol–water partition coefficient (Wildman–Crippen LogP) is -0.836. The summed E-state index contributed by atoms with van der Waals surface area (Å²) in [5, 5.41) is 35.3. The number of aromatic amines is 1. The van der Waals surface area contributed by atoms with Gasteiger partial charge >= 0.3 is 0 Å². The molecule has 1 aromatic heterocycles. The van der Waals surface area contributed by atoms with Crippen LogP contribution < -0.4 is 5.56 Å². The molecular weight excluding hydrogens is 198 g/mol. The zero-order valence-corrected chi connectivity index (χ0v) is 7.51. The molecule has 0 fully saturated rings. The van der Waals surface area contributed by atoms with E-state index in [2.05, 4.69) is 4.98 Å². The van der Waals surface area contributed by atoms with Crippen LogP contribution in [0, 0.1) is 22.7 Å². The Morgan fingerprint density at radius 3 is 2.60 bits per heavy atom. The van der Waals surface area contributed by atoms with Crippen molar-refractivity contribution in [3.8, 4) is 12.1 Å². The SMILES string of the molecule is N#Cc1cc(C(O)C(O)C#N)c[nH]c1=O. The molecule has 0 aromatic carbocycles. The Morgan fingerprint density at radius 2 is 2.07 bits per heavy atom. The number of aliphatic hydroxyl groups excluding tert-OH is 2. The van der Waals surface area contributed by atoms with Crippen molar-refractivity contribution in [3.63, 3.8) is 0 Å². The van der Waals surface area contributed by atoms with Crippen molar-refractivity contribution in [2.45, 2.75) is 12.2 Å². The van der Waals surface area contributed by atoms with Crippen LogP contribution in [-0.2, 0) is 0 Å². The number of hydrogen-bond donors (Lipinski definition) is 3. The van der Waals surface area contributed by atoms with Gasteiger partial charge < -0.3 is 15.2 Å². The highest BCUT2D eigenvalue weighted by molar-refractivity contribution is 5.31. The van der Waals surface area contributed by atoms with Crippen molar-refractivity contribution in [1.29, 1.82) is 10.5 Å². The molecule has 0 aliphatic rings. The lowest BCUT2D eigenvalue weighted by atomic mass is 10.1. The van der Waals surface area contributed by atoms with Gasteiger partial charge in [-0.1, -0.05) is 0 Å². The molecular formula is C9H7N3O3. The molecule has 6 heteroatoms. The summed E-state index contributed by atoms with van der Waals surface area (Å²) in [6.07, 6.45) is -1.89. The van der Waals surface area contributed by atoms with Gasteiger partial charge in [-0.2, -0.15) is 10.5 Å². The number of aliphatic hydroxyl groups is 2. The lowest BCUT2D eigenvalue weighted by Crippen LogP contribution is -2.18. The second-order valence-corrected chi connectivity index (χ2v) is 2.81. The molecule has 1 aromatic rings. The van der Waals surface area contributed by atoms with Crippen molar-refractivity contribution in [2.75, 3.05) is 0 Å². The molecule has 0 amide bonds. The van der Waals surface area contributed by atoms with Gasteiger partial charge in [0.2, 0.25) is 0 Å². The van der Waals surface area contributed by atoms with Crippen molar-refractivity contribution in [1.82, 2.24) is 4.98 Å². The van der Waals surface area contributed by atoms with Crippen LogP contribution in [0.3, 0.4) is 0 Å². The maximum Gasteiger partial charge on any atom is 0.265 e. The van der Waals surface area contributed by atoms with E-state index in [1.54, 1.807) is 6.07 Å². The van der Waals surface area contributed by atoms with E-state index in [1.807, 2.05) is 0 Å². The second kappa shape index (κ2) is 4.38. The third-order valence-corrected chi connectivity index (χ3v) is 1.82. The molecule has 15 heavy (non-hydrogen) atoms. The number of nitrogens with zero attached hydrogens (tertiary/aromatic N) is 2. The minimum atomic E-state index is -1.59. The van der Waals surface area contributed by atoms with Crippen molar-refractivity contribution in [2.24, 2.45) is 0 Å². The maximum atomic E-state index is 11.0.